The Bertz CT molecular complexity index is 890. The Morgan fingerprint density at radius 1 is 1.22 bits per heavy atom. The maximum atomic E-state index is 11.7. The molecule has 0 unspecified atom stereocenters. The van der Waals surface area contributed by atoms with Crippen LogP contribution in [0.3, 0.4) is 0 Å². The van der Waals surface area contributed by atoms with Crippen molar-refractivity contribution in [3.8, 4) is 5.75 Å². The number of aromatic nitrogens is 3. The summed E-state index contributed by atoms with van der Waals surface area (Å²) >= 11 is 0. The highest BCUT2D eigenvalue weighted by Crippen LogP contribution is 2.21. The van der Waals surface area contributed by atoms with Gasteiger partial charge < -0.3 is 24.8 Å². The molecule has 0 saturated carbocycles. The van der Waals surface area contributed by atoms with Gasteiger partial charge in [0.2, 0.25) is 5.91 Å². The predicted molar refractivity (Wildman–Crippen MR) is 135 cm³/mol. The number of nitrogens with one attached hydrogen (secondary N) is 2. The van der Waals surface area contributed by atoms with E-state index in [0.29, 0.717) is 25.4 Å². The topological polar surface area (TPSA) is 96.7 Å². The molecular weight excluding hydrogens is 521 g/mol. The first-order valence-electron chi connectivity index (χ1n) is 10.7. The standard InChI is InChI=1S/C22H33N7O2.HI/c1-16-26-27-20(28(16)3)15-25-22(24-14-18-5-7-19(31-4)8-6-18)29-11-9-17(10-12-29)13-21(30)23-2;/h5-8,17H,9-15H2,1-4H3,(H,23,30)(H,24,25);1H. The Labute approximate surface area is 207 Å². The first-order valence-corrected chi connectivity index (χ1v) is 10.7. The van der Waals surface area contributed by atoms with E-state index in [0.717, 1.165) is 54.9 Å². The Hall–Kier alpha value is -2.37. The molecule has 0 radical (unpaired) electrons. The number of hydrogen-bond acceptors (Lipinski definition) is 5. The number of ether oxygens (including phenoxy) is 1. The van der Waals surface area contributed by atoms with Crippen molar-refractivity contribution in [3.05, 3.63) is 41.5 Å². The van der Waals surface area contributed by atoms with Gasteiger partial charge in [-0.2, -0.15) is 0 Å². The first-order chi connectivity index (χ1) is 15.0. The van der Waals surface area contributed by atoms with Gasteiger partial charge in [0, 0.05) is 33.6 Å². The summed E-state index contributed by atoms with van der Waals surface area (Å²) in [5.74, 6) is 3.97. The molecule has 176 valence electrons. The number of likely N-dealkylation sites (tertiary alicyclic amines) is 1. The molecule has 1 saturated heterocycles. The van der Waals surface area contributed by atoms with Crippen LogP contribution >= 0.6 is 24.0 Å². The third-order valence-corrected chi connectivity index (χ3v) is 5.82. The zero-order chi connectivity index (χ0) is 22.2. The normalized spacial score (nSPS) is 14.6. The van der Waals surface area contributed by atoms with Crippen molar-refractivity contribution in [2.75, 3.05) is 27.2 Å². The number of halogens is 1. The minimum absolute atomic E-state index is 0. The second kappa shape index (κ2) is 12.6. The van der Waals surface area contributed by atoms with E-state index in [1.165, 1.54) is 0 Å². The molecule has 2 heterocycles. The quantitative estimate of drug-likeness (QED) is 0.309. The number of benzene rings is 1. The van der Waals surface area contributed by atoms with Crippen LogP contribution in [0.2, 0.25) is 0 Å². The molecule has 0 bridgehead atoms. The van der Waals surface area contributed by atoms with Crippen LogP contribution in [0.25, 0.3) is 0 Å². The van der Waals surface area contributed by atoms with E-state index >= 15 is 0 Å². The van der Waals surface area contributed by atoms with E-state index in [9.17, 15) is 4.79 Å². The van der Waals surface area contributed by atoms with Gasteiger partial charge in [0.15, 0.2) is 11.8 Å². The van der Waals surface area contributed by atoms with Gasteiger partial charge in [-0.15, -0.1) is 34.2 Å². The highest BCUT2D eigenvalue weighted by Gasteiger charge is 2.23. The van der Waals surface area contributed by atoms with Gasteiger partial charge in [-0.05, 0) is 43.4 Å². The fourth-order valence-corrected chi connectivity index (χ4v) is 3.64. The SMILES string of the molecule is CNC(=O)CC1CCN(C(=NCc2ccc(OC)cc2)NCc2nnc(C)n2C)CC1.I. The van der Waals surface area contributed by atoms with Crippen LogP contribution < -0.4 is 15.4 Å². The number of hydrogen-bond donors (Lipinski definition) is 2. The van der Waals surface area contributed by atoms with Crippen molar-refractivity contribution < 1.29 is 9.53 Å². The lowest BCUT2D eigenvalue weighted by Gasteiger charge is -2.34. The summed E-state index contributed by atoms with van der Waals surface area (Å²) in [6, 6.07) is 7.96. The predicted octanol–water partition coefficient (Wildman–Crippen LogP) is 2.24. The van der Waals surface area contributed by atoms with Crippen molar-refractivity contribution in [2.24, 2.45) is 18.0 Å². The van der Waals surface area contributed by atoms with Gasteiger partial charge in [-0.3, -0.25) is 4.79 Å². The minimum atomic E-state index is 0. The zero-order valence-electron chi connectivity index (χ0n) is 19.3. The zero-order valence-corrected chi connectivity index (χ0v) is 21.6. The van der Waals surface area contributed by atoms with Crippen LogP contribution in [0.5, 0.6) is 5.75 Å². The monoisotopic (exact) mass is 555 g/mol. The molecular formula is C22H34IN7O2. The number of amides is 1. The molecule has 1 fully saturated rings. The summed E-state index contributed by atoms with van der Waals surface area (Å²) in [4.78, 5) is 18.9. The molecule has 10 heteroatoms. The molecule has 0 aliphatic carbocycles. The molecule has 32 heavy (non-hydrogen) atoms. The van der Waals surface area contributed by atoms with Crippen LogP contribution in [0.4, 0.5) is 0 Å². The first kappa shape index (κ1) is 25.9. The van der Waals surface area contributed by atoms with Gasteiger partial charge >= 0.3 is 0 Å². The van der Waals surface area contributed by atoms with Crippen LogP contribution in [0.15, 0.2) is 29.3 Å². The van der Waals surface area contributed by atoms with Crippen molar-refractivity contribution in [3.63, 3.8) is 0 Å². The van der Waals surface area contributed by atoms with Gasteiger partial charge in [0.25, 0.3) is 0 Å². The highest BCUT2D eigenvalue weighted by atomic mass is 127. The minimum Gasteiger partial charge on any atom is -0.497 e. The molecule has 2 aromatic rings. The van der Waals surface area contributed by atoms with Gasteiger partial charge in [-0.1, -0.05) is 12.1 Å². The second-order valence-corrected chi connectivity index (χ2v) is 7.87. The fraction of sp³-hybridized carbons (Fsp3) is 0.545. The maximum Gasteiger partial charge on any atom is 0.220 e. The van der Waals surface area contributed by atoms with E-state index in [-0.39, 0.29) is 29.9 Å². The number of carbonyl (C=O) groups is 1. The lowest BCUT2D eigenvalue weighted by atomic mass is 9.93. The molecule has 1 aromatic carbocycles. The van der Waals surface area contributed by atoms with Crippen molar-refractivity contribution in [1.82, 2.24) is 30.3 Å². The summed E-state index contributed by atoms with van der Waals surface area (Å²) in [5, 5.41) is 14.6. The average Bonchev–Trinajstić information content (AvgIpc) is 3.12. The largest absolute Gasteiger partial charge is 0.497 e. The third kappa shape index (κ3) is 7.07. The van der Waals surface area contributed by atoms with Gasteiger partial charge in [0.1, 0.15) is 11.6 Å². The average molecular weight is 555 g/mol. The van der Waals surface area contributed by atoms with Crippen LogP contribution in [-0.2, 0) is 24.9 Å². The fourth-order valence-electron chi connectivity index (χ4n) is 3.64. The molecule has 1 aromatic heterocycles. The summed E-state index contributed by atoms with van der Waals surface area (Å²) in [5.41, 5.74) is 1.11. The lowest BCUT2D eigenvalue weighted by Crippen LogP contribution is -2.46. The van der Waals surface area contributed by atoms with Crippen LogP contribution in [-0.4, -0.2) is 58.8 Å². The number of carbonyl (C=O) groups excluding carboxylic acids is 1. The maximum absolute atomic E-state index is 11.7. The van der Waals surface area contributed by atoms with E-state index in [4.69, 9.17) is 9.73 Å². The molecule has 0 atom stereocenters. The van der Waals surface area contributed by atoms with E-state index < -0.39 is 0 Å². The molecule has 0 spiro atoms. The van der Waals surface area contributed by atoms with Crippen molar-refractivity contribution in [2.45, 2.75) is 39.3 Å². The summed E-state index contributed by atoms with van der Waals surface area (Å²) in [7, 11) is 5.32. The number of rotatable bonds is 7. The Kier molecular flexibility index (Phi) is 10.2. The van der Waals surface area contributed by atoms with E-state index in [1.54, 1.807) is 14.2 Å². The lowest BCUT2D eigenvalue weighted by molar-refractivity contribution is -0.121. The van der Waals surface area contributed by atoms with E-state index in [1.807, 2.05) is 42.8 Å². The van der Waals surface area contributed by atoms with Crippen LogP contribution in [0.1, 0.15) is 36.5 Å². The molecule has 1 amide bonds. The van der Waals surface area contributed by atoms with Crippen molar-refractivity contribution >= 4 is 35.8 Å². The summed E-state index contributed by atoms with van der Waals surface area (Å²) < 4.78 is 7.21. The number of aliphatic imine (C=N–C) groups is 1. The van der Waals surface area contributed by atoms with Crippen LogP contribution in [0, 0.1) is 12.8 Å². The Morgan fingerprint density at radius 2 is 1.91 bits per heavy atom. The summed E-state index contributed by atoms with van der Waals surface area (Å²) in [6.07, 6.45) is 2.54. The Balaban J connectivity index is 0.00000363. The van der Waals surface area contributed by atoms with Crippen molar-refractivity contribution in [1.29, 1.82) is 0 Å². The molecule has 9 nitrogen and oxygen atoms in total. The number of piperidine rings is 1. The van der Waals surface area contributed by atoms with E-state index in [2.05, 4.69) is 25.7 Å². The number of guanidine groups is 1. The highest BCUT2D eigenvalue weighted by molar-refractivity contribution is 14.0. The summed E-state index contributed by atoms with van der Waals surface area (Å²) in [6.45, 7) is 4.80. The smallest absolute Gasteiger partial charge is 0.220 e. The van der Waals surface area contributed by atoms with Gasteiger partial charge in [-0.25, -0.2) is 4.99 Å². The second-order valence-electron chi connectivity index (χ2n) is 7.87. The number of methoxy groups -OCH3 is 1. The molecule has 1 aliphatic rings. The number of aryl methyl sites for hydroxylation is 1. The third-order valence-electron chi connectivity index (χ3n) is 5.82. The Morgan fingerprint density at radius 3 is 2.47 bits per heavy atom. The van der Waals surface area contributed by atoms with Gasteiger partial charge in [0.05, 0.1) is 20.2 Å². The molecule has 1 aliphatic heterocycles. The number of nitrogens with zero attached hydrogens (tertiary/aromatic N) is 5. The molecule has 3 rings (SSSR count). The molecule has 2 N–H and O–H groups in total.